The second-order valence-corrected chi connectivity index (χ2v) is 4.57. The number of hydrogen-bond acceptors (Lipinski definition) is 3. The van der Waals surface area contributed by atoms with Gasteiger partial charge in [0.25, 0.3) is 0 Å². The summed E-state index contributed by atoms with van der Waals surface area (Å²) in [7, 11) is 0. The van der Waals surface area contributed by atoms with Gasteiger partial charge in [-0.25, -0.2) is 4.98 Å². The molecule has 5 heteroatoms. The number of carbonyl (C=O) groups excluding carboxylic acids is 1. The highest BCUT2D eigenvalue weighted by molar-refractivity contribution is 9.10. The Balaban J connectivity index is 2.31. The number of carbonyl (C=O) groups is 1. The highest BCUT2D eigenvalue weighted by Crippen LogP contribution is 2.31. The van der Waals surface area contributed by atoms with Crippen LogP contribution in [0.3, 0.4) is 0 Å². The average molecular weight is 302 g/mol. The third-order valence-electron chi connectivity index (χ3n) is 2.69. The maximum atomic E-state index is 10.7. The molecule has 3 aromatic rings. The third-order valence-corrected chi connectivity index (χ3v) is 3.26. The van der Waals surface area contributed by atoms with Gasteiger partial charge in [0, 0.05) is 17.1 Å². The summed E-state index contributed by atoms with van der Waals surface area (Å²) >= 11 is 3.38. The number of aromatic amines is 1. The smallest absolute Gasteiger partial charge is 0.185 e. The zero-order valence-electron chi connectivity index (χ0n) is 9.22. The zero-order chi connectivity index (χ0) is 12.5. The fraction of sp³-hybridized carbons (Fsp3) is 0. The van der Waals surface area contributed by atoms with Crippen molar-refractivity contribution in [2.75, 3.05) is 0 Å². The quantitative estimate of drug-likeness (QED) is 0.740. The molecule has 0 saturated heterocycles. The molecule has 4 nitrogen and oxygen atoms in total. The Bertz CT molecular complexity index is 731. The van der Waals surface area contributed by atoms with Crippen LogP contribution in [0.2, 0.25) is 0 Å². The van der Waals surface area contributed by atoms with Gasteiger partial charge in [0.1, 0.15) is 10.3 Å². The Morgan fingerprint density at radius 1 is 1.22 bits per heavy atom. The lowest BCUT2D eigenvalue weighted by molar-refractivity contribution is 0.111. The standard InChI is InChI=1S/C13H8BrN3O/c14-13-12(16-11(7-18)17-13)9-3-1-5-10-8(9)4-2-6-15-10/h1-7H,(H,16,17). The van der Waals surface area contributed by atoms with E-state index in [4.69, 9.17) is 0 Å². The number of imidazole rings is 1. The number of H-pyrrole nitrogens is 1. The number of hydrogen-bond donors (Lipinski definition) is 1. The molecule has 0 atom stereocenters. The molecular formula is C13H8BrN3O. The molecule has 0 aliphatic carbocycles. The Hall–Kier alpha value is -2.01. The molecular weight excluding hydrogens is 294 g/mol. The molecule has 0 bridgehead atoms. The summed E-state index contributed by atoms with van der Waals surface area (Å²) in [5.41, 5.74) is 2.56. The lowest BCUT2D eigenvalue weighted by Gasteiger charge is -2.03. The second-order valence-electron chi connectivity index (χ2n) is 3.78. The normalized spacial score (nSPS) is 10.7. The number of aromatic nitrogens is 3. The summed E-state index contributed by atoms with van der Waals surface area (Å²) in [5, 5.41) is 1.00. The van der Waals surface area contributed by atoms with Gasteiger partial charge >= 0.3 is 0 Å². The maximum absolute atomic E-state index is 10.7. The molecule has 0 radical (unpaired) electrons. The summed E-state index contributed by atoms with van der Waals surface area (Å²) in [6.07, 6.45) is 2.44. The Morgan fingerprint density at radius 2 is 2.11 bits per heavy atom. The second kappa shape index (κ2) is 4.34. The van der Waals surface area contributed by atoms with Gasteiger partial charge in [0.2, 0.25) is 0 Å². The van der Waals surface area contributed by atoms with Crippen molar-refractivity contribution in [3.05, 3.63) is 47.0 Å². The van der Waals surface area contributed by atoms with E-state index < -0.39 is 0 Å². The minimum absolute atomic E-state index is 0.303. The fourth-order valence-electron chi connectivity index (χ4n) is 1.91. The first-order chi connectivity index (χ1) is 8.79. The first-order valence-electron chi connectivity index (χ1n) is 5.34. The van der Waals surface area contributed by atoms with Crippen LogP contribution in [-0.4, -0.2) is 21.2 Å². The van der Waals surface area contributed by atoms with Gasteiger partial charge in [0.05, 0.1) is 5.52 Å². The molecule has 2 aromatic heterocycles. The summed E-state index contributed by atoms with van der Waals surface area (Å²) < 4.78 is 0.695. The molecule has 0 spiro atoms. The number of rotatable bonds is 2. The van der Waals surface area contributed by atoms with Crippen molar-refractivity contribution in [1.82, 2.24) is 15.0 Å². The topological polar surface area (TPSA) is 58.6 Å². The molecule has 0 aliphatic heterocycles. The minimum Gasteiger partial charge on any atom is -0.330 e. The van der Waals surface area contributed by atoms with E-state index in [0.29, 0.717) is 16.7 Å². The van der Waals surface area contributed by atoms with Gasteiger partial charge in [-0.2, -0.15) is 0 Å². The van der Waals surface area contributed by atoms with Crippen LogP contribution in [0.15, 0.2) is 41.1 Å². The van der Waals surface area contributed by atoms with Crippen LogP contribution in [0.4, 0.5) is 0 Å². The summed E-state index contributed by atoms with van der Waals surface area (Å²) in [4.78, 5) is 22.2. The van der Waals surface area contributed by atoms with Gasteiger partial charge in [-0.1, -0.05) is 18.2 Å². The predicted octanol–water partition coefficient (Wildman–Crippen LogP) is 3.20. The Kier molecular flexibility index (Phi) is 2.68. The van der Waals surface area contributed by atoms with Gasteiger partial charge in [0.15, 0.2) is 12.1 Å². The average Bonchev–Trinajstić information content (AvgIpc) is 2.79. The number of pyridine rings is 1. The first-order valence-corrected chi connectivity index (χ1v) is 6.13. The van der Waals surface area contributed by atoms with Gasteiger partial charge < -0.3 is 4.98 Å². The molecule has 1 aromatic carbocycles. The molecule has 0 saturated carbocycles. The Morgan fingerprint density at radius 3 is 2.89 bits per heavy atom. The van der Waals surface area contributed by atoms with Crippen molar-refractivity contribution in [3.8, 4) is 11.3 Å². The van der Waals surface area contributed by atoms with E-state index in [2.05, 4.69) is 30.9 Å². The predicted molar refractivity (Wildman–Crippen MR) is 72.4 cm³/mol. The molecule has 0 unspecified atom stereocenters. The highest BCUT2D eigenvalue weighted by atomic mass is 79.9. The van der Waals surface area contributed by atoms with Gasteiger partial charge in [-0.05, 0) is 28.1 Å². The lowest BCUT2D eigenvalue weighted by Crippen LogP contribution is -1.85. The van der Waals surface area contributed by atoms with Crippen LogP contribution < -0.4 is 0 Å². The third kappa shape index (κ3) is 1.73. The molecule has 0 amide bonds. The van der Waals surface area contributed by atoms with Crippen molar-refractivity contribution < 1.29 is 4.79 Å². The highest BCUT2D eigenvalue weighted by Gasteiger charge is 2.12. The van der Waals surface area contributed by atoms with E-state index in [1.165, 1.54) is 0 Å². The molecule has 3 rings (SSSR count). The molecule has 2 heterocycles. The van der Waals surface area contributed by atoms with Crippen LogP contribution in [0, 0.1) is 0 Å². The molecule has 88 valence electrons. The maximum Gasteiger partial charge on any atom is 0.185 e. The SMILES string of the molecule is O=Cc1nc(-c2cccc3ncccc23)c(Br)[nH]1. The minimum atomic E-state index is 0.303. The van der Waals surface area contributed by atoms with Crippen molar-refractivity contribution in [2.24, 2.45) is 0 Å². The van der Waals surface area contributed by atoms with E-state index in [-0.39, 0.29) is 0 Å². The largest absolute Gasteiger partial charge is 0.330 e. The van der Waals surface area contributed by atoms with Crippen molar-refractivity contribution >= 4 is 33.1 Å². The number of aldehydes is 1. The van der Waals surface area contributed by atoms with E-state index in [1.807, 2.05) is 30.3 Å². The monoisotopic (exact) mass is 301 g/mol. The molecule has 1 N–H and O–H groups in total. The van der Waals surface area contributed by atoms with Crippen LogP contribution in [0.25, 0.3) is 22.2 Å². The van der Waals surface area contributed by atoms with E-state index in [1.54, 1.807) is 6.20 Å². The lowest BCUT2D eigenvalue weighted by atomic mass is 10.1. The van der Waals surface area contributed by atoms with Crippen LogP contribution >= 0.6 is 15.9 Å². The van der Waals surface area contributed by atoms with Crippen LogP contribution in [-0.2, 0) is 0 Å². The molecule has 18 heavy (non-hydrogen) atoms. The molecule has 0 fully saturated rings. The summed E-state index contributed by atoms with van der Waals surface area (Å²) in [6.45, 7) is 0. The van der Waals surface area contributed by atoms with Crippen molar-refractivity contribution in [2.45, 2.75) is 0 Å². The van der Waals surface area contributed by atoms with Crippen LogP contribution in [0.1, 0.15) is 10.6 Å². The van der Waals surface area contributed by atoms with Gasteiger partial charge in [-0.3, -0.25) is 9.78 Å². The fourth-order valence-corrected chi connectivity index (χ4v) is 2.42. The number of nitrogens with one attached hydrogen (secondary N) is 1. The van der Waals surface area contributed by atoms with E-state index in [9.17, 15) is 4.79 Å². The number of halogens is 1. The zero-order valence-corrected chi connectivity index (χ0v) is 10.8. The number of nitrogens with zero attached hydrogens (tertiary/aromatic N) is 2. The molecule has 0 aliphatic rings. The van der Waals surface area contributed by atoms with Crippen molar-refractivity contribution in [3.63, 3.8) is 0 Å². The van der Waals surface area contributed by atoms with E-state index >= 15 is 0 Å². The Labute approximate surface area is 111 Å². The number of fused-ring (bicyclic) bond motifs is 1. The first kappa shape index (κ1) is 11.1. The van der Waals surface area contributed by atoms with Crippen molar-refractivity contribution in [1.29, 1.82) is 0 Å². The van der Waals surface area contributed by atoms with Crippen LogP contribution in [0.5, 0.6) is 0 Å². The van der Waals surface area contributed by atoms with Gasteiger partial charge in [-0.15, -0.1) is 0 Å². The summed E-state index contributed by atoms with van der Waals surface area (Å²) in [6, 6.07) is 9.69. The van der Waals surface area contributed by atoms with E-state index in [0.717, 1.165) is 22.2 Å². The summed E-state index contributed by atoms with van der Waals surface area (Å²) in [5.74, 6) is 0.303. The number of benzene rings is 1.